The molecule has 1 atom stereocenters. The van der Waals surface area contributed by atoms with E-state index < -0.39 is 0 Å². The summed E-state index contributed by atoms with van der Waals surface area (Å²) in [5, 5.41) is 9.58. The normalized spacial score (nSPS) is 11.9. The third kappa shape index (κ3) is 5.32. The second kappa shape index (κ2) is 7.95. The molecular formula is C15H18N2O2S2. The number of hydrogen-bond acceptors (Lipinski definition) is 4. The van der Waals surface area contributed by atoms with E-state index in [2.05, 4.69) is 16.7 Å². The molecule has 0 radical (unpaired) electrons. The molecule has 0 fully saturated rings. The van der Waals surface area contributed by atoms with Crippen molar-refractivity contribution in [3.8, 4) is 0 Å². The number of hydrogen-bond donors (Lipinski definition) is 2. The first-order valence-corrected chi connectivity index (χ1v) is 8.54. The lowest BCUT2D eigenvalue weighted by atomic mass is 10.2. The van der Waals surface area contributed by atoms with Crippen molar-refractivity contribution in [2.24, 2.45) is 0 Å². The molecule has 2 aromatic rings. The van der Waals surface area contributed by atoms with Gasteiger partial charge in [-0.3, -0.25) is 9.59 Å². The first-order chi connectivity index (χ1) is 10.1. The Kier molecular flexibility index (Phi) is 5.95. The fourth-order valence-electron chi connectivity index (χ4n) is 1.91. The molecule has 4 nitrogen and oxygen atoms in total. The van der Waals surface area contributed by atoms with E-state index in [9.17, 15) is 9.59 Å². The monoisotopic (exact) mass is 322 g/mol. The van der Waals surface area contributed by atoms with Crippen molar-refractivity contribution >= 4 is 34.5 Å². The summed E-state index contributed by atoms with van der Waals surface area (Å²) in [6, 6.07) is 7.77. The Balaban J connectivity index is 1.64. The average Bonchev–Trinajstić information content (AvgIpc) is 3.10. The highest BCUT2D eigenvalue weighted by atomic mass is 32.1. The molecule has 0 aromatic carbocycles. The third-order valence-electron chi connectivity index (χ3n) is 2.88. The molecule has 0 spiro atoms. The molecular weight excluding hydrogens is 304 g/mol. The maximum Gasteiger partial charge on any atom is 0.261 e. The van der Waals surface area contributed by atoms with Gasteiger partial charge in [0.15, 0.2) is 0 Å². The highest BCUT2D eigenvalue weighted by Crippen LogP contribution is 2.11. The van der Waals surface area contributed by atoms with Gasteiger partial charge in [-0.1, -0.05) is 12.1 Å². The minimum Gasteiger partial charge on any atom is -0.353 e. The van der Waals surface area contributed by atoms with Gasteiger partial charge in [-0.15, -0.1) is 22.7 Å². The van der Waals surface area contributed by atoms with Crippen LogP contribution in [0.1, 0.15) is 27.9 Å². The zero-order valence-electron chi connectivity index (χ0n) is 11.8. The van der Waals surface area contributed by atoms with Gasteiger partial charge in [0.1, 0.15) is 0 Å². The van der Waals surface area contributed by atoms with Gasteiger partial charge in [0.05, 0.1) is 4.88 Å². The highest BCUT2D eigenvalue weighted by Gasteiger charge is 2.10. The van der Waals surface area contributed by atoms with Crippen molar-refractivity contribution in [1.29, 1.82) is 0 Å². The van der Waals surface area contributed by atoms with Crippen LogP contribution in [0.2, 0.25) is 0 Å². The van der Waals surface area contributed by atoms with Gasteiger partial charge in [0.2, 0.25) is 5.91 Å². The molecule has 0 bridgehead atoms. The first-order valence-electron chi connectivity index (χ1n) is 6.78. The van der Waals surface area contributed by atoms with Gasteiger partial charge in [0.25, 0.3) is 5.91 Å². The largest absolute Gasteiger partial charge is 0.353 e. The van der Waals surface area contributed by atoms with Crippen LogP contribution in [-0.2, 0) is 11.2 Å². The minimum atomic E-state index is -0.121. The summed E-state index contributed by atoms with van der Waals surface area (Å²) in [7, 11) is 0. The molecule has 0 aliphatic carbocycles. The second-order valence-electron chi connectivity index (χ2n) is 4.74. The predicted molar refractivity (Wildman–Crippen MR) is 86.9 cm³/mol. The van der Waals surface area contributed by atoms with Crippen LogP contribution in [-0.4, -0.2) is 24.4 Å². The van der Waals surface area contributed by atoms with E-state index >= 15 is 0 Å². The number of carbonyl (C=O) groups excluding carboxylic acids is 2. The third-order valence-corrected chi connectivity index (χ3v) is 4.64. The number of carbonyl (C=O) groups is 2. The summed E-state index contributed by atoms with van der Waals surface area (Å²) in [5.74, 6) is -0.157. The van der Waals surface area contributed by atoms with E-state index in [1.165, 1.54) is 16.2 Å². The molecule has 0 aliphatic heterocycles. The minimum absolute atomic E-state index is 0.0365. The smallest absolute Gasteiger partial charge is 0.261 e. The van der Waals surface area contributed by atoms with Gasteiger partial charge in [-0.05, 0) is 29.8 Å². The molecule has 6 heteroatoms. The SMILES string of the molecule is CC(Cc1cccs1)NC(=O)CCNC(=O)c1cccs1. The summed E-state index contributed by atoms with van der Waals surface area (Å²) >= 11 is 3.08. The molecule has 2 amide bonds. The van der Waals surface area contributed by atoms with E-state index in [0.717, 1.165) is 6.42 Å². The van der Waals surface area contributed by atoms with Crippen LogP contribution in [0.5, 0.6) is 0 Å². The lowest BCUT2D eigenvalue weighted by Gasteiger charge is -2.13. The van der Waals surface area contributed by atoms with E-state index in [4.69, 9.17) is 0 Å². The maximum absolute atomic E-state index is 11.8. The van der Waals surface area contributed by atoms with Crippen molar-refractivity contribution in [1.82, 2.24) is 10.6 Å². The maximum atomic E-state index is 11.8. The molecule has 2 aromatic heterocycles. The second-order valence-corrected chi connectivity index (χ2v) is 6.72. The zero-order valence-corrected chi connectivity index (χ0v) is 13.4. The lowest BCUT2D eigenvalue weighted by Crippen LogP contribution is -2.36. The Labute approximate surface area is 132 Å². The van der Waals surface area contributed by atoms with Crippen LogP contribution in [0.25, 0.3) is 0 Å². The summed E-state index contributed by atoms with van der Waals surface area (Å²) < 4.78 is 0. The molecule has 0 saturated heterocycles. The van der Waals surface area contributed by atoms with Gasteiger partial charge < -0.3 is 10.6 Å². The molecule has 21 heavy (non-hydrogen) atoms. The zero-order chi connectivity index (χ0) is 15.1. The van der Waals surface area contributed by atoms with Crippen LogP contribution >= 0.6 is 22.7 Å². The topological polar surface area (TPSA) is 58.2 Å². The van der Waals surface area contributed by atoms with Crippen LogP contribution in [0.4, 0.5) is 0 Å². The highest BCUT2D eigenvalue weighted by molar-refractivity contribution is 7.12. The van der Waals surface area contributed by atoms with Crippen LogP contribution in [0.15, 0.2) is 35.0 Å². The molecule has 0 aliphatic rings. The van der Waals surface area contributed by atoms with E-state index in [0.29, 0.717) is 17.8 Å². The molecule has 1 unspecified atom stereocenters. The molecule has 0 saturated carbocycles. The fraction of sp³-hybridized carbons (Fsp3) is 0.333. The average molecular weight is 322 g/mol. The van der Waals surface area contributed by atoms with E-state index in [1.807, 2.05) is 29.8 Å². The summed E-state index contributed by atoms with van der Waals surface area (Å²) in [4.78, 5) is 25.4. The molecule has 2 heterocycles. The van der Waals surface area contributed by atoms with Crippen LogP contribution in [0.3, 0.4) is 0 Å². The molecule has 2 rings (SSSR count). The van der Waals surface area contributed by atoms with Gasteiger partial charge >= 0.3 is 0 Å². The first kappa shape index (κ1) is 15.7. The predicted octanol–water partition coefficient (Wildman–Crippen LogP) is 2.68. The molecule has 112 valence electrons. The quantitative estimate of drug-likeness (QED) is 0.823. The van der Waals surface area contributed by atoms with Crippen molar-refractivity contribution in [3.05, 3.63) is 44.8 Å². The van der Waals surface area contributed by atoms with E-state index in [1.54, 1.807) is 17.4 Å². The standard InChI is InChI=1S/C15H18N2O2S2/c1-11(10-12-4-2-8-20-12)17-14(18)6-7-16-15(19)13-5-3-9-21-13/h2-5,8-9,11H,6-7,10H2,1H3,(H,16,19)(H,17,18). The number of nitrogens with one attached hydrogen (secondary N) is 2. The van der Waals surface area contributed by atoms with Crippen molar-refractivity contribution in [2.75, 3.05) is 6.54 Å². The molecule has 2 N–H and O–H groups in total. The summed E-state index contributed by atoms with van der Waals surface area (Å²) in [5.41, 5.74) is 0. The van der Waals surface area contributed by atoms with Gasteiger partial charge in [-0.25, -0.2) is 0 Å². The summed E-state index contributed by atoms with van der Waals surface area (Å²) in [6.07, 6.45) is 1.14. The van der Waals surface area contributed by atoms with Crippen molar-refractivity contribution < 1.29 is 9.59 Å². The number of thiophene rings is 2. The van der Waals surface area contributed by atoms with Gasteiger partial charge in [-0.2, -0.15) is 0 Å². The van der Waals surface area contributed by atoms with Crippen LogP contribution in [0, 0.1) is 0 Å². The Hall–Kier alpha value is -1.66. The Bertz CT molecular complexity index is 565. The Morgan fingerprint density at radius 3 is 2.62 bits per heavy atom. The Morgan fingerprint density at radius 1 is 1.19 bits per heavy atom. The Morgan fingerprint density at radius 2 is 1.95 bits per heavy atom. The van der Waals surface area contributed by atoms with Crippen molar-refractivity contribution in [2.45, 2.75) is 25.8 Å². The lowest BCUT2D eigenvalue weighted by molar-refractivity contribution is -0.121. The number of amides is 2. The fourth-order valence-corrected chi connectivity index (χ4v) is 3.39. The number of rotatable bonds is 7. The van der Waals surface area contributed by atoms with E-state index in [-0.39, 0.29) is 17.9 Å². The van der Waals surface area contributed by atoms with Gasteiger partial charge in [0, 0.05) is 30.3 Å². The summed E-state index contributed by atoms with van der Waals surface area (Å²) in [6.45, 7) is 2.34. The van der Waals surface area contributed by atoms with Crippen LogP contribution < -0.4 is 10.6 Å². The van der Waals surface area contributed by atoms with Crippen molar-refractivity contribution in [3.63, 3.8) is 0 Å².